The van der Waals surface area contributed by atoms with Gasteiger partial charge in [0, 0.05) is 5.75 Å². The maximum Gasteiger partial charge on any atom is 0.152 e. The zero-order chi connectivity index (χ0) is 13.8. The van der Waals surface area contributed by atoms with Crippen LogP contribution < -0.4 is 0 Å². The summed E-state index contributed by atoms with van der Waals surface area (Å²) >= 11 is 2.31. The molecular weight excluding hydrogens is 363 g/mol. The third-order valence-electron chi connectivity index (χ3n) is 2.86. The van der Waals surface area contributed by atoms with Crippen molar-refractivity contribution in [2.45, 2.75) is 46.6 Å². The predicted molar refractivity (Wildman–Crippen MR) is 82.6 cm³/mol. The molecule has 1 heterocycles. The molecule has 0 aliphatic carbocycles. The number of rotatable bonds is 7. The lowest BCUT2D eigenvalue weighted by molar-refractivity contribution is 0.571. The van der Waals surface area contributed by atoms with Gasteiger partial charge in [0.25, 0.3) is 0 Å². The molecule has 0 unspecified atom stereocenters. The van der Waals surface area contributed by atoms with Gasteiger partial charge in [-0.15, -0.1) is 0 Å². The fourth-order valence-corrected chi connectivity index (χ4v) is 4.34. The van der Waals surface area contributed by atoms with E-state index in [1.807, 2.05) is 11.6 Å². The summed E-state index contributed by atoms with van der Waals surface area (Å²) in [6.45, 7) is 6.51. The standard InChI is InChI=1S/C12H21IN2O2S/c1-4-8-18(16,17)9-7-15-11(6-3)12(13)10(5-2)14-15/h4-9H2,1-3H3. The van der Waals surface area contributed by atoms with Gasteiger partial charge >= 0.3 is 0 Å². The Morgan fingerprint density at radius 3 is 2.33 bits per heavy atom. The molecule has 18 heavy (non-hydrogen) atoms. The molecule has 0 atom stereocenters. The zero-order valence-corrected chi connectivity index (χ0v) is 14.2. The van der Waals surface area contributed by atoms with E-state index in [2.05, 4.69) is 41.5 Å². The van der Waals surface area contributed by atoms with Gasteiger partial charge in [0.15, 0.2) is 9.84 Å². The van der Waals surface area contributed by atoms with Gasteiger partial charge in [-0.3, -0.25) is 4.68 Å². The van der Waals surface area contributed by atoms with Crippen molar-refractivity contribution in [3.8, 4) is 0 Å². The highest BCUT2D eigenvalue weighted by molar-refractivity contribution is 14.1. The van der Waals surface area contributed by atoms with Crippen LogP contribution in [0.15, 0.2) is 0 Å². The monoisotopic (exact) mass is 384 g/mol. The average molecular weight is 384 g/mol. The van der Waals surface area contributed by atoms with Gasteiger partial charge in [-0.25, -0.2) is 8.42 Å². The first-order chi connectivity index (χ1) is 8.45. The van der Waals surface area contributed by atoms with E-state index in [1.165, 1.54) is 3.57 Å². The number of halogens is 1. The molecule has 6 heteroatoms. The van der Waals surface area contributed by atoms with Crippen molar-refractivity contribution in [1.82, 2.24) is 9.78 Å². The van der Waals surface area contributed by atoms with Crippen molar-refractivity contribution < 1.29 is 8.42 Å². The van der Waals surface area contributed by atoms with E-state index in [4.69, 9.17) is 0 Å². The Hall–Kier alpha value is -0.110. The molecule has 0 bridgehead atoms. The van der Waals surface area contributed by atoms with Crippen LogP contribution in [0.4, 0.5) is 0 Å². The van der Waals surface area contributed by atoms with Crippen LogP contribution in [-0.4, -0.2) is 29.7 Å². The molecular formula is C12H21IN2O2S. The van der Waals surface area contributed by atoms with Gasteiger partial charge in [0.2, 0.25) is 0 Å². The smallest absolute Gasteiger partial charge is 0.152 e. The highest BCUT2D eigenvalue weighted by Gasteiger charge is 2.15. The van der Waals surface area contributed by atoms with E-state index in [1.54, 1.807) is 0 Å². The summed E-state index contributed by atoms with van der Waals surface area (Å²) in [7, 11) is -2.93. The molecule has 1 aromatic rings. The molecule has 0 aliphatic rings. The molecule has 0 saturated carbocycles. The second-order valence-corrected chi connectivity index (χ2v) is 7.67. The summed E-state index contributed by atoms with van der Waals surface area (Å²) in [5, 5.41) is 4.51. The van der Waals surface area contributed by atoms with E-state index in [9.17, 15) is 8.42 Å². The van der Waals surface area contributed by atoms with E-state index in [0.29, 0.717) is 13.0 Å². The van der Waals surface area contributed by atoms with E-state index in [0.717, 1.165) is 24.2 Å². The Labute approximate surface area is 123 Å². The largest absolute Gasteiger partial charge is 0.267 e. The topological polar surface area (TPSA) is 52.0 Å². The summed E-state index contributed by atoms with van der Waals surface area (Å²) < 4.78 is 26.5. The van der Waals surface area contributed by atoms with Crippen molar-refractivity contribution in [1.29, 1.82) is 0 Å². The average Bonchev–Trinajstić information content (AvgIpc) is 2.62. The van der Waals surface area contributed by atoms with Crippen LogP contribution in [0, 0.1) is 3.57 Å². The minimum absolute atomic E-state index is 0.189. The van der Waals surface area contributed by atoms with Gasteiger partial charge in [-0.2, -0.15) is 5.10 Å². The van der Waals surface area contributed by atoms with Crippen LogP contribution in [0.5, 0.6) is 0 Å². The van der Waals surface area contributed by atoms with Gasteiger partial charge < -0.3 is 0 Å². The number of hydrogen-bond donors (Lipinski definition) is 0. The fraction of sp³-hybridized carbons (Fsp3) is 0.750. The SMILES string of the molecule is CCCS(=O)(=O)CCn1nc(CC)c(I)c1CC. The molecule has 0 radical (unpaired) electrons. The van der Waals surface area contributed by atoms with Crippen LogP contribution >= 0.6 is 22.6 Å². The lowest BCUT2D eigenvalue weighted by Gasteiger charge is -2.06. The van der Waals surface area contributed by atoms with Crippen molar-refractivity contribution >= 4 is 32.4 Å². The van der Waals surface area contributed by atoms with Gasteiger partial charge in [-0.05, 0) is 41.9 Å². The Morgan fingerprint density at radius 2 is 1.83 bits per heavy atom. The van der Waals surface area contributed by atoms with Crippen LogP contribution in [0.25, 0.3) is 0 Å². The van der Waals surface area contributed by atoms with Crippen LogP contribution in [0.3, 0.4) is 0 Å². The summed E-state index contributed by atoms with van der Waals surface area (Å²) in [5.74, 6) is 0.461. The third kappa shape index (κ3) is 3.94. The minimum Gasteiger partial charge on any atom is -0.267 e. The summed E-state index contributed by atoms with van der Waals surface area (Å²) in [6, 6.07) is 0. The summed E-state index contributed by atoms with van der Waals surface area (Å²) in [4.78, 5) is 0. The highest BCUT2D eigenvalue weighted by atomic mass is 127. The number of nitrogens with zero attached hydrogens (tertiary/aromatic N) is 2. The van der Waals surface area contributed by atoms with Crippen molar-refractivity contribution in [3.63, 3.8) is 0 Å². The Balaban J connectivity index is 2.85. The molecule has 1 rings (SSSR count). The number of hydrogen-bond acceptors (Lipinski definition) is 3. The molecule has 4 nitrogen and oxygen atoms in total. The van der Waals surface area contributed by atoms with E-state index >= 15 is 0 Å². The fourth-order valence-electron chi connectivity index (χ4n) is 1.92. The molecule has 104 valence electrons. The molecule has 0 aliphatic heterocycles. The van der Waals surface area contributed by atoms with E-state index in [-0.39, 0.29) is 11.5 Å². The molecule has 1 aromatic heterocycles. The van der Waals surface area contributed by atoms with Gasteiger partial charge in [0.1, 0.15) is 0 Å². The Bertz CT molecular complexity index is 494. The molecule has 0 N–H and O–H groups in total. The molecule has 0 aromatic carbocycles. The Morgan fingerprint density at radius 1 is 1.17 bits per heavy atom. The first-order valence-electron chi connectivity index (χ1n) is 6.39. The van der Waals surface area contributed by atoms with Crippen LogP contribution in [0.2, 0.25) is 0 Å². The zero-order valence-electron chi connectivity index (χ0n) is 11.2. The van der Waals surface area contributed by atoms with Gasteiger partial charge in [-0.1, -0.05) is 20.8 Å². The normalized spacial score (nSPS) is 12.0. The summed E-state index contributed by atoms with van der Waals surface area (Å²) in [5.41, 5.74) is 2.22. The first-order valence-corrected chi connectivity index (χ1v) is 9.29. The molecule has 0 spiro atoms. The number of sulfone groups is 1. The summed E-state index contributed by atoms with van der Waals surface area (Å²) in [6.07, 6.45) is 2.46. The minimum atomic E-state index is -2.93. The second kappa shape index (κ2) is 6.88. The van der Waals surface area contributed by atoms with Gasteiger partial charge in [0.05, 0.1) is 27.3 Å². The van der Waals surface area contributed by atoms with Crippen molar-refractivity contribution in [3.05, 3.63) is 15.0 Å². The second-order valence-electron chi connectivity index (χ2n) is 4.29. The quantitative estimate of drug-likeness (QED) is 0.679. The van der Waals surface area contributed by atoms with E-state index < -0.39 is 9.84 Å². The molecule has 0 saturated heterocycles. The third-order valence-corrected chi connectivity index (χ3v) is 5.94. The Kier molecular flexibility index (Phi) is 6.10. The molecule has 0 amide bonds. The van der Waals surface area contributed by atoms with Crippen LogP contribution in [0.1, 0.15) is 38.6 Å². The van der Waals surface area contributed by atoms with Crippen LogP contribution in [-0.2, 0) is 29.2 Å². The highest BCUT2D eigenvalue weighted by Crippen LogP contribution is 2.18. The first kappa shape index (κ1) is 15.9. The van der Waals surface area contributed by atoms with Crippen molar-refractivity contribution in [2.24, 2.45) is 0 Å². The predicted octanol–water partition coefficient (Wildman–Crippen LogP) is 2.44. The van der Waals surface area contributed by atoms with Crippen molar-refractivity contribution in [2.75, 3.05) is 11.5 Å². The lowest BCUT2D eigenvalue weighted by Crippen LogP contribution is -2.17. The maximum absolute atomic E-state index is 11.7. The maximum atomic E-state index is 11.7. The lowest BCUT2D eigenvalue weighted by atomic mass is 10.2. The molecule has 0 fully saturated rings. The number of aryl methyl sites for hydroxylation is 2. The number of aromatic nitrogens is 2.